The smallest absolute Gasteiger partial charge is 0.322 e. The van der Waals surface area contributed by atoms with Crippen LogP contribution in [-0.4, -0.2) is 40.1 Å². The molecule has 1 amide bonds. The van der Waals surface area contributed by atoms with Crippen molar-refractivity contribution in [2.45, 2.75) is 20.3 Å². The van der Waals surface area contributed by atoms with Crippen LogP contribution < -0.4 is 5.32 Å². The Hall–Kier alpha value is -3.23. The van der Waals surface area contributed by atoms with Crippen molar-refractivity contribution in [1.29, 1.82) is 0 Å². The zero-order valence-electron chi connectivity index (χ0n) is 14.5. The molecule has 1 atom stereocenters. The van der Waals surface area contributed by atoms with Crippen molar-refractivity contribution in [3.05, 3.63) is 57.4 Å². The van der Waals surface area contributed by atoms with Crippen molar-refractivity contribution in [1.82, 2.24) is 15.5 Å². The molecule has 9 heteroatoms. The van der Waals surface area contributed by atoms with Crippen molar-refractivity contribution in [3.8, 4) is 0 Å². The number of amides is 1. The molecule has 0 bridgehead atoms. The lowest BCUT2D eigenvalue weighted by atomic mass is 9.99. The van der Waals surface area contributed by atoms with Crippen LogP contribution in [-0.2, 0) is 16.0 Å². The number of nitrogens with one attached hydrogen (secondary N) is 2. The average molecular weight is 360 g/mol. The first-order valence-corrected chi connectivity index (χ1v) is 8.12. The number of hydrogen-bond acceptors (Lipinski definition) is 6. The highest BCUT2D eigenvalue weighted by atomic mass is 16.6. The van der Waals surface area contributed by atoms with E-state index in [-0.39, 0.29) is 30.2 Å². The van der Waals surface area contributed by atoms with E-state index in [1.54, 1.807) is 6.92 Å². The van der Waals surface area contributed by atoms with Crippen LogP contribution in [0.2, 0.25) is 0 Å². The van der Waals surface area contributed by atoms with Gasteiger partial charge in [0.2, 0.25) is 5.69 Å². The lowest BCUT2D eigenvalue weighted by molar-refractivity contribution is -0.385. The number of esters is 1. The van der Waals surface area contributed by atoms with Crippen molar-refractivity contribution < 1.29 is 19.2 Å². The molecule has 2 N–H and O–H groups in total. The number of aromatic nitrogens is 2. The summed E-state index contributed by atoms with van der Waals surface area (Å²) in [6, 6.07) is 9.31. The highest BCUT2D eigenvalue weighted by Crippen LogP contribution is 2.20. The van der Waals surface area contributed by atoms with Crippen molar-refractivity contribution in [2.75, 3.05) is 13.2 Å². The number of ether oxygens (including phenoxy) is 1. The fraction of sp³-hybridized carbons (Fsp3) is 0.353. The van der Waals surface area contributed by atoms with Crippen LogP contribution in [0, 0.1) is 23.0 Å². The molecule has 1 aromatic heterocycles. The molecule has 2 rings (SSSR count). The molecule has 0 radical (unpaired) electrons. The highest BCUT2D eigenvalue weighted by molar-refractivity contribution is 5.96. The van der Waals surface area contributed by atoms with Crippen LogP contribution >= 0.6 is 0 Å². The predicted molar refractivity (Wildman–Crippen MR) is 92.6 cm³/mol. The zero-order chi connectivity index (χ0) is 19.1. The van der Waals surface area contributed by atoms with Gasteiger partial charge in [-0.1, -0.05) is 30.3 Å². The van der Waals surface area contributed by atoms with Gasteiger partial charge in [0.15, 0.2) is 0 Å². The van der Waals surface area contributed by atoms with Crippen LogP contribution in [0.25, 0.3) is 0 Å². The second-order valence-corrected chi connectivity index (χ2v) is 5.65. The van der Waals surface area contributed by atoms with Gasteiger partial charge in [-0.25, -0.2) is 0 Å². The van der Waals surface area contributed by atoms with E-state index in [1.165, 1.54) is 6.92 Å². The topological polar surface area (TPSA) is 127 Å². The molecule has 0 aliphatic heterocycles. The van der Waals surface area contributed by atoms with Gasteiger partial charge in [-0.2, -0.15) is 5.10 Å². The number of aromatic amines is 1. The summed E-state index contributed by atoms with van der Waals surface area (Å²) >= 11 is 0. The van der Waals surface area contributed by atoms with Crippen molar-refractivity contribution >= 4 is 17.6 Å². The van der Waals surface area contributed by atoms with Gasteiger partial charge in [0.1, 0.15) is 5.69 Å². The number of nitro groups is 1. The summed E-state index contributed by atoms with van der Waals surface area (Å²) < 4.78 is 5.06. The minimum absolute atomic E-state index is 0.0182. The largest absolute Gasteiger partial charge is 0.466 e. The SMILES string of the molecule is CCOC(=O)C(CNC(=O)c1n[nH]c(C)c1[N+](=O)[O-])Cc1ccccc1. The Labute approximate surface area is 149 Å². The zero-order valence-corrected chi connectivity index (χ0v) is 14.5. The molecule has 0 spiro atoms. The number of aryl methyl sites for hydroxylation is 1. The molecule has 2 aromatic rings. The van der Waals surface area contributed by atoms with Gasteiger partial charge in [-0.15, -0.1) is 0 Å². The summed E-state index contributed by atoms with van der Waals surface area (Å²) in [6.45, 7) is 3.36. The molecule has 1 aromatic carbocycles. The third-order valence-corrected chi connectivity index (χ3v) is 3.77. The van der Waals surface area contributed by atoms with Gasteiger partial charge in [-0.05, 0) is 25.8 Å². The van der Waals surface area contributed by atoms with E-state index < -0.39 is 22.7 Å². The fourth-order valence-electron chi connectivity index (χ4n) is 2.50. The second kappa shape index (κ2) is 8.75. The van der Waals surface area contributed by atoms with Gasteiger partial charge in [-0.3, -0.25) is 24.8 Å². The quantitative estimate of drug-likeness (QED) is 0.420. The standard InChI is InChI=1S/C17H20N4O5/c1-3-26-17(23)13(9-12-7-5-4-6-8-12)10-18-16(22)14-15(21(24)25)11(2)19-20-14/h4-8,13H,3,9-10H2,1-2H3,(H,18,22)(H,19,20). The number of rotatable bonds is 8. The summed E-state index contributed by atoms with van der Waals surface area (Å²) in [5.74, 6) is -1.77. The minimum atomic E-state index is -0.719. The highest BCUT2D eigenvalue weighted by Gasteiger charge is 2.28. The maximum atomic E-state index is 12.3. The number of H-pyrrole nitrogens is 1. The average Bonchev–Trinajstić information content (AvgIpc) is 3.01. The molecule has 0 aliphatic rings. The number of carbonyl (C=O) groups excluding carboxylic acids is 2. The third kappa shape index (κ3) is 4.65. The first kappa shape index (κ1) is 19.1. The molecule has 9 nitrogen and oxygen atoms in total. The van der Waals surface area contributed by atoms with E-state index in [0.29, 0.717) is 6.42 Å². The Morgan fingerprint density at radius 2 is 2.04 bits per heavy atom. The van der Waals surface area contributed by atoms with Gasteiger partial charge in [0, 0.05) is 6.54 Å². The molecule has 138 valence electrons. The van der Waals surface area contributed by atoms with Crippen LogP contribution in [0.5, 0.6) is 0 Å². The van der Waals surface area contributed by atoms with E-state index in [4.69, 9.17) is 4.74 Å². The summed E-state index contributed by atoms with van der Waals surface area (Å²) in [6.07, 6.45) is 0.377. The predicted octanol–water partition coefficient (Wildman–Crippen LogP) is 1.78. The lowest BCUT2D eigenvalue weighted by Crippen LogP contribution is -2.35. The Bertz CT molecular complexity index is 788. The second-order valence-electron chi connectivity index (χ2n) is 5.65. The van der Waals surface area contributed by atoms with Crippen molar-refractivity contribution in [2.24, 2.45) is 5.92 Å². The molecule has 26 heavy (non-hydrogen) atoms. The molecule has 1 unspecified atom stereocenters. The maximum Gasteiger partial charge on any atom is 0.322 e. The Kier molecular flexibility index (Phi) is 6.42. The molecular formula is C17H20N4O5. The van der Waals surface area contributed by atoms with E-state index in [9.17, 15) is 19.7 Å². The van der Waals surface area contributed by atoms with Crippen LogP contribution in [0.3, 0.4) is 0 Å². The first-order chi connectivity index (χ1) is 12.4. The Balaban J connectivity index is 2.10. The Morgan fingerprint density at radius 1 is 1.35 bits per heavy atom. The number of carbonyl (C=O) groups is 2. The lowest BCUT2D eigenvalue weighted by Gasteiger charge is -2.16. The molecule has 1 heterocycles. The van der Waals surface area contributed by atoms with Gasteiger partial charge in [0.05, 0.1) is 17.4 Å². The molecule has 0 saturated carbocycles. The van der Waals surface area contributed by atoms with Gasteiger partial charge in [0.25, 0.3) is 5.91 Å². The number of nitrogens with zero attached hydrogens (tertiary/aromatic N) is 2. The van der Waals surface area contributed by atoms with E-state index in [0.717, 1.165) is 5.56 Å². The summed E-state index contributed by atoms with van der Waals surface area (Å²) in [4.78, 5) is 34.8. The van der Waals surface area contributed by atoms with Crippen LogP contribution in [0.15, 0.2) is 30.3 Å². The van der Waals surface area contributed by atoms with Crippen LogP contribution in [0.1, 0.15) is 28.7 Å². The van der Waals surface area contributed by atoms with E-state index in [1.807, 2.05) is 30.3 Å². The third-order valence-electron chi connectivity index (χ3n) is 3.77. The normalized spacial score (nSPS) is 11.6. The summed E-state index contributed by atoms with van der Waals surface area (Å²) in [5, 5.41) is 19.7. The molecular weight excluding hydrogens is 340 g/mol. The molecule has 0 fully saturated rings. The van der Waals surface area contributed by atoms with Crippen molar-refractivity contribution in [3.63, 3.8) is 0 Å². The maximum absolute atomic E-state index is 12.3. The first-order valence-electron chi connectivity index (χ1n) is 8.12. The summed E-state index contributed by atoms with van der Waals surface area (Å²) in [5.41, 5.74) is 0.417. The van der Waals surface area contributed by atoms with Gasteiger partial charge < -0.3 is 10.1 Å². The number of hydrogen-bond donors (Lipinski definition) is 2. The fourth-order valence-corrected chi connectivity index (χ4v) is 2.50. The minimum Gasteiger partial charge on any atom is -0.466 e. The van der Waals surface area contributed by atoms with Gasteiger partial charge >= 0.3 is 11.7 Å². The van der Waals surface area contributed by atoms with E-state index in [2.05, 4.69) is 15.5 Å². The Morgan fingerprint density at radius 3 is 2.65 bits per heavy atom. The summed E-state index contributed by atoms with van der Waals surface area (Å²) in [7, 11) is 0. The van der Waals surface area contributed by atoms with E-state index >= 15 is 0 Å². The monoisotopic (exact) mass is 360 g/mol. The molecule has 0 aliphatic carbocycles. The van der Waals surface area contributed by atoms with Crippen LogP contribution in [0.4, 0.5) is 5.69 Å². The number of benzene rings is 1. The molecule has 0 saturated heterocycles.